The second kappa shape index (κ2) is 9.48. The molecule has 0 spiro atoms. The normalized spacial score (nSPS) is 14.3. The van der Waals surface area contributed by atoms with Crippen LogP contribution in [0.1, 0.15) is 56.4 Å². The number of benzene rings is 2. The highest BCUT2D eigenvalue weighted by Crippen LogP contribution is 2.40. The van der Waals surface area contributed by atoms with E-state index in [1.54, 1.807) is 0 Å². The average molecular weight is 409 g/mol. The predicted molar refractivity (Wildman–Crippen MR) is 126 cm³/mol. The van der Waals surface area contributed by atoms with Crippen molar-refractivity contribution in [1.29, 1.82) is 0 Å². The van der Waals surface area contributed by atoms with Gasteiger partial charge in [0.25, 0.3) is 0 Å². The number of aryl methyl sites for hydroxylation is 1. The summed E-state index contributed by atoms with van der Waals surface area (Å²) in [6, 6.07) is 11.2. The zero-order valence-electron chi connectivity index (χ0n) is 18.8. The van der Waals surface area contributed by atoms with E-state index in [0.717, 1.165) is 54.1 Å². The molecular formula is C26H33FN2O. The van der Waals surface area contributed by atoms with Gasteiger partial charge >= 0.3 is 0 Å². The Morgan fingerprint density at radius 3 is 2.33 bits per heavy atom. The third-order valence-corrected chi connectivity index (χ3v) is 5.83. The minimum atomic E-state index is -0.218. The minimum absolute atomic E-state index is 0.218. The third kappa shape index (κ3) is 4.01. The Hall–Kier alpha value is -2.59. The summed E-state index contributed by atoms with van der Waals surface area (Å²) in [4.78, 5) is 0. The average Bonchev–Trinajstić information content (AvgIpc) is 3.07. The third-order valence-electron chi connectivity index (χ3n) is 5.83. The molecule has 0 unspecified atom stereocenters. The van der Waals surface area contributed by atoms with Gasteiger partial charge in [-0.05, 0) is 74.2 Å². The van der Waals surface area contributed by atoms with E-state index in [0.29, 0.717) is 5.92 Å². The number of halogens is 1. The molecule has 1 aliphatic heterocycles. The van der Waals surface area contributed by atoms with Crippen LogP contribution in [0.2, 0.25) is 0 Å². The summed E-state index contributed by atoms with van der Waals surface area (Å²) in [6.07, 6.45) is 2.01. The van der Waals surface area contributed by atoms with Gasteiger partial charge in [-0.1, -0.05) is 20.4 Å². The monoisotopic (exact) mass is 408 g/mol. The van der Waals surface area contributed by atoms with Crippen molar-refractivity contribution in [3.05, 3.63) is 65.6 Å². The number of ether oxygens (including phenoxy) is 1. The van der Waals surface area contributed by atoms with E-state index in [2.05, 4.69) is 35.5 Å². The highest BCUT2D eigenvalue weighted by molar-refractivity contribution is 5.94. The van der Waals surface area contributed by atoms with E-state index in [1.165, 1.54) is 28.8 Å². The van der Waals surface area contributed by atoms with Crippen LogP contribution in [0.3, 0.4) is 0 Å². The zero-order valence-corrected chi connectivity index (χ0v) is 18.8. The molecule has 0 bridgehead atoms. The topological polar surface area (TPSA) is 26.2 Å². The van der Waals surface area contributed by atoms with E-state index in [9.17, 15) is 4.39 Å². The van der Waals surface area contributed by atoms with Crippen LogP contribution in [-0.2, 0) is 4.74 Å². The van der Waals surface area contributed by atoms with Crippen molar-refractivity contribution in [3.63, 3.8) is 0 Å². The summed E-state index contributed by atoms with van der Waals surface area (Å²) in [6.45, 7) is 14.0. The summed E-state index contributed by atoms with van der Waals surface area (Å²) in [5.41, 5.74) is 7.94. The quantitative estimate of drug-likeness (QED) is 0.499. The maximum absolute atomic E-state index is 13.6. The lowest BCUT2D eigenvalue weighted by Gasteiger charge is -2.25. The summed E-state index contributed by atoms with van der Waals surface area (Å²) in [7, 11) is 1.94. The number of hydrogen-bond donors (Lipinski definition) is 1. The molecule has 2 heterocycles. The molecule has 1 saturated heterocycles. The number of nitrogens with one attached hydrogen (secondary N) is 1. The summed E-state index contributed by atoms with van der Waals surface area (Å²) >= 11 is 0. The van der Waals surface area contributed by atoms with Gasteiger partial charge < -0.3 is 14.6 Å². The van der Waals surface area contributed by atoms with E-state index in [4.69, 9.17) is 4.74 Å². The summed E-state index contributed by atoms with van der Waals surface area (Å²) in [5, 5.41) is 4.53. The van der Waals surface area contributed by atoms with Crippen molar-refractivity contribution in [2.75, 3.05) is 25.6 Å². The van der Waals surface area contributed by atoms with Crippen LogP contribution in [0, 0.1) is 12.7 Å². The standard InChI is InChI=1S/C24H27FN2O.C2H6/c1-15(2)20-14-23-21(13-22(20)26-4)16(3)24(17-9-11-28-12-10-17)27(23)19-7-5-18(25)6-8-19;1-2/h5-8,13-14,17,26H,1,9-12H2,2-4H3;1-2H3. The lowest BCUT2D eigenvalue weighted by Crippen LogP contribution is -2.17. The number of hydrogen-bond acceptors (Lipinski definition) is 2. The van der Waals surface area contributed by atoms with E-state index in [-0.39, 0.29) is 5.82 Å². The molecule has 0 radical (unpaired) electrons. The molecular weight excluding hydrogens is 375 g/mol. The smallest absolute Gasteiger partial charge is 0.123 e. The molecule has 0 saturated carbocycles. The molecule has 4 rings (SSSR count). The molecule has 160 valence electrons. The van der Waals surface area contributed by atoms with E-state index < -0.39 is 0 Å². The van der Waals surface area contributed by atoms with Crippen molar-refractivity contribution >= 4 is 22.2 Å². The largest absolute Gasteiger partial charge is 0.388 e. The number of nitrogens with zero attached hydrogens (tertiary/aromatic N) is 1. The summed E-state index contributed by atoms with van der Waals surface area (Å²) in [5.74, 6) is 0.210. The number of fused-ring (bicyclic) bond motifs is 1. The SMILES string of the molecule is C=C(C)c1cc2c(cc1NC)c(C)c(C1CCOCC1)n2-c1ccc(F)cc1.CC. The Kier molecular flexibility index (Phi) is 6.99. The predicted octanol–water partition coefficient (Wildman–Crippen LogP) is 7.07. The van der Waals surface area contributed by atoms with Crippen molar-refractivity contribution < 1.29 is 9.13 Å². The van der Waals surface area contributed by atoms with Gasteiger partial charge in [0.1, 0.15) is 5.82 Å². The highest BCUT2D eigenvalue weighted by atomic mass is 19.1. The van der Waals surface area contributed by atoms with Crippen molar-refractivity contribution in [2.45, 2.75) is 46.5 Å². The minimum Gasteiger partial charge on any atom is -0.388 e. The Morgan fingerprint density at radius 2 is 1.77 bits per heavy atom. The summed E-state index contributed by atoms with van der Waals surface area (Å²) < 4.78 is 21.5. The molecule has 4 heteroatoms. The Balaban J connectivity index is 0.00000124. The molecule has 0 aliphatic carbocycles. The maximum Gasteiger partial charge on any atom is 0.123 e. The van der Waals surface area contributed by atoms with Gasteiger partial charge in [-0.3, -0.25) is 0 Å². The molecule has 1 aliphatic rings. The molecule has 1 N–H and O–H groups in total. The molecule has 3 aromatic rings. The first-order chi connectivity index (χ1) is 14.5. The number of allylic oxidation sites excluding steroid dienone is 1. The first-order valence-electron chi connectivity index (χ1n) is 10.9. The Morgan fingerprint density at radius 1 is 1.13 bits per heavy atom. The van der Waals surface area contributed by atoms with Gasteiger partial charge in [0, 0.05) is 54.2 Å². The Labute approximate surface area is 179 Å². The van der Waals surface area contributed by atoms with Crippen LogP contribution in [0.5, 0.6) is 0 Å². The van der Waals surface area contributed by atoms with Gasteiger partial charge in [0.2, 0.25) is 0 Å². The molecule has 0 atom stereocenters. The molecule has 1 fully saturated rings. The number of aromatic nitrogens is 1. The highest BCUT2D eigenvalue weighted by Gasteiger charge is 2.26. The van der Waals surface area contributed by atoms with Gasteiger partial charge in [0.05, 0.1) is 5.52 Å². The van der Waals surface area contributed by atoms with Gasteiger partial charge in [-0.15, -0.1) is 0 Å². The lowest BCUT2D eigenvalue weighted by molar-refractivity contribution is 0.0841. The van der Waals surface area contributed by atoms with E-state index >= 15 is 0 Å². The van der Waals surface area contributed by atoms with Crippen LogP contribution in [0.15, 0.2) is 43.0 Å². The second-order valence-corrected chi connectivity index (χ2v) is 7.65. The van der Waals surface area contributed by atoms with Crippen LogP contribution < -0.4 is 5.32 Å². The first-order valence-corrected chi connectivity index (χ1v) is 10.9. The lowest BCUT2D eigenvalue weighted by atomic mass is 9.93. The van der Waals surface area contributed by atoms with Gasteiger partial charge in [-0.2, -0.15) is 0 Å². The van der Waals surface area contributed by atoms with Crippen molar-refractivity contribution in [1.82, 2.24) is 4.57 Å². The number of anilines is 1. The maximum atomic E-state index is 13.6. The molecule has 0 amide bonds. The molecule has 2 aromatic carbocycles. The fourth-order valence-electron chi connectivity index (χ4n) is 4.40. The van der Waals surface area contributed by atoms with Crippen LogP contribution in [0.4, 0.5) is 10.1 Å². The molecule has 3 nitrogen and oxygen atoms in total. The fraction of sp³-hybridized carbons (Fsp3) is 0.385. The van der Waals surface area contributed by atoms with Crippen molar-refractivity contribution in [2.24, 2.45) is 0 Å². The fourth-order valence-corrected chi connectivity index (χ4v) is 4.40. The van der Waals surface area contributed by atoms with Crippen LogP contribution >= 0.6 is 0 Å². The first kappa shape index (κ1) is 22.1. The molecule has 30 heavy (non-hydrogen) atoms. The zero-order chi connectivity index (χ0) is 21.8. The number of rotatable bonds is 4. The Bertz CT molecular complexity index is 1030. The van der Waals surface area contributed by atoms with Crippen LogP contribution in [-0.4, -0.2) is 24.8 Å². The van der Waals surface area contributed by atoms with Crippen molar-refractivity contribution in [3.8, 4) is 5.69 Å². The second-order valence-electron chi connectivity index (χ2n) is 7.65. The van der Waals surface area contributed by atoms with Crippen LogP contribution in [0.25, 0.3) is 22.2 Å². The van der Waals surface area contributed by atoms with Gasteiger partial charge in [-0.25, -0.2) is 4.39 Å². The molecule has 1 aromatic heterocycles. The van der Waals surface area contributed by atoms with Gasteiger partial charge in [0.15, 0.2) is 0 Å². The van der Waals surface area contributed by atoms with E-state index in [1.807, 2.05) is 40.0 Å².